The van der Waals surface area contributed by atoms with Gasteiger partial charge in [0.1, 0.15) is 12.4 Å². The first kappa shape index (κ1) is 23.1. The molecule has 2 heterocycles. The second-order valence-corrected chi connectivity index (χ2v) is 8.91. The smallest absolute Gasteiger partial charge is 0.224 e. The Morgan fingerprint density at radius 2 is 1.91 bits per heavy atom. The van der Waals surface area contributed by atoms with Crippen molar-refractivity contribution < 1.29 is 9.53 Å². The van der Waals surface area contributed by atoms with Crippen LogP contribution in [0.5, 0.6) is 5.75 Å². The Hall–Kier alpha value is -3.03. The molecule has 4 rings (SSSR count). The number of rotatable bonds is 9. The number of hydrogen-bond acceptors (Lipinski definition) is 3. The lowest BCUT2D eigenvalue weighted by atomic mass is 10.1. The number of carbonyl (C=O) groups is 1. The number of carbonyl (C=O) groups excluding carboxylic acids is 1. The summed E-state index contributed by atoms with van der Waals surface area (Å²) in [5.41, 5.74) is 3.51. The van der Waals surface area contributed by atoms with E-state index in [1.807, 2.05) is 74.0 Å². The minimum Gasteiger partial charge on any atom is -0.491 e. The highest BCUT2D eigenvalue weighted by Gasteiger charge is 2.16. The van der Waals surface area contributed by atoms with Gasteiger partial charge < -0.3 is 14.6 Å². The molecule has 0 spiro atoms. The van der Waals surface area contributed by atoms with Crippen molar-refractivity contribution in [1.82, 2.24) is 14.3 Å². The highest BCUT2D eigenvalue weighted by molar-refractivity contribution is 9.10. The fourth-order valence-corrected chi connectivity index (χ4v) is 4.23. The lowest BCUT2D eigenvalue weighted by Gasteiger charge is -2.15. The van der Waals surface area contributed by atoms with Crippen molar-refractivity contribution in [3.63, 3.8) is 0 Å². The first-order valence-corrected chi connectivity index (χ1v) is 11.8. The van der Waals surface area contributed by atoms with Crippen molar-refractivity contribution in [2.45, 2.75) is 19.4 Å². The van der Waals surface area contributed by atoms with Gasteiger partial charge in [-0.25, -0.2) is 0 Å². The van der Waals surface area contributed by atoms with Crippen LogP contribution in [0, 0.1) is 0 Å². The highest BCUT2D eigenvalue weighted by atomic mass is 79.9. The molecule has 2 aromatic heterocycles. The molecule has 0 aliphatic rings. The number of aromatic nitrogens is 3. The van der Waals surface area contributed by atoms with Gasteiger partial charge in [-0.05, 0) is 70.4 Å². The van der Waals surface area contributed by atoms with Crippen molar-refractivity contribution >= 4 is 39.1 Å². The molecule has 0 aliphatic carbocycles. The molecular weight excluding hydrogens is 504 g/mol. The van der Waals surface area contributed by atoms with E-state index in [2.05, 4.69) is 30.9 Å². The summed E-state index contributed by atoms with van der Waals surface area (Å²) < 4.78 is 10.8. The predicted molar refractivity (Wildman–Crippen MR) is 135 cm³/mol. The van der Waals surface area contributed by atoms with Gasteiger partial charge in [0.25, 0.3) is 0 Å². The van der Waals surface area contributed by atoms with Crippen LogP contribution in [0.15, 0.2) is 77.7 Å². The average molecular weight is 528 g/mol. The van der Waals surface area contributed by atoms with E-state index in [0.717, 1.165) is 33.6 Å². The van der Waals surface area contributed by atoms with Gasteiger partial charge in [0.2, 0.25) is 5.91 Å². The molecule has 4 aromatic rings. The predicted octanol–water partition coefficient (Wildman–Crippen LogP) is 5.95. The molecule has 170 valence electrons. The van der Waals surface area contributed by atoms with E-state index in [1.54, 1.807) is 10.9 Å². The minimum atomic E-state index is -0.0544. The van der Waals surface area contributed by atoms with Crippen molar-refractivity contribution in [2.75, 3.05) is 11.9 Å². The number of benzene rings is 2. The van der Waals surface area contributed by atoms with Crippen LogP contribution in [0.4, 0.5) is 5.69 Å². The van der Waals surface area contributed by atoms with Crippen LogP contribution in [0.1, 0.15) is 12.0 Å². The molecule has 33 heavy (non-hydrogen) atoms. The summed E-state index contributed by atoms with van der Waals surface area (Å²) in [4.78, 5) is 12.6. The minimum absolute atomic E-state index is 0.0544. The summed E-state index contributed by atoms with van der Waals surface area (Å²) in [6.07, 6.45) is 6.77. The second kappa shape index (κ2) is 10.7. The molecule has 6 nitrogen and oxygen atoms in total. The molecule has 1 N–H and O–H groups in total. The number of nitrogens with zero attached hydrogens (tertiary/aromatic N) is 3. The third-order valence-corrected chi connectivity index (χ3v) is 6.07. The zero-order valence-electron chi connectivity index (χ0n) is 18.2. The lowest BCUT2D eigenvalue weighted by Crippen LogP contribution is -2.13. The van der Waals surface area contributed by atoms with Crippen molar-refractivity contribution in [3.8, 4) is 17.0 Å². The maximum absolute atomic E-state index is 12.6. The third kappa shape index (κ3) is 6.06. The molecule has 0 bridgehead atoms. The van der Waals surface area contributed by atoms with Gasteiger partial charge in [0.15, 0.2) is 0 Å². The van der Waals surface area contributed by atoms with Crippen LogP contribution in [-0.4, -0.2) is 26.9 Å². The highest BCUT2D eigenvalue weighted by Crippen LogP contribution is 2.36. The first-order valence-electron chi connectivity index (χ1n) is 10.6. The van der Waals surface area contributed by atoms with Gasteiger partial charge in [0, 0.05) is 42.1 Å². The summed E-state index contributed by atoms with van der Waals surface area (Å²) in [5, 5.41) is 8.02. The topological polar surface area (TPSA) is 61.1 Å². The number of aryl methyl sites for hydroxylation is 2. The third-order valence-electron chi connectivity index (χ3n) is 5.24. The molecule has 1 amide bonds. The summed E-state index contributed by atoms with van der Waals surface area (Å²) in [6.45, 7) is 1.26. The zero-order valence-corrected chi connectivity index (χ0v) is 20.5. The Morgan fingerprint density at radius 1 is 1.15 bits per heavy atom. The van der Waals surface area contributed by atoms with Gasteiger partial charge in [-0.1, -0.05) is 23.7 Å². The Morgan fingerprint density at radius 3 is 2.61 bits per heavy atom. The van der Waals surface area contributed by atoms with E-state index in [1.165, 1.54) is 0 Å². The van der Waals surface area contributed by atoms with Crippen LogP contribution in [0.25, 0.3) is 11.3 Å². The molecule has 8 heteroatoms. The van der Waals surface area contributed by atoms with E-state index in [0.29, 0.717) is 30.2 Å². The van der Waals surface area contributed by atoms with Gasteiger partial charge >= 0.3 is 0 Å². The maximum Gasteiger partial charge on any atom is 0.224 e. The van der Waals surface area contributed by atoms with Crippen molar-refractivity contribution in [3.05, 3.63) is 88.2 Å². The largest absolute Gasteiger partial charge is 0.491 e. The molecule has 0 atom stereocenters. The number of nitrogens with one attached hydrogen (secondary N) is 1. The van der Waals surface area contributed by atoms with E-state index in [4.69, 9.17) is 16.3 Å². The Bertz CT molecular complexity index is 1200. The summed E-state index contributed by atoms with van der Waals surface area (Å²) in [6, 6.07) is 17.2. The van der Waals surface area contributed by atoms with Crippen molar-refractivity contribution in [1.29, 1.82) is 0 Å². The van der Waals surface area contributed by atoms with Crippen LogP contribution < -0.4 is 10.1 Å². The Labute approximate surface area is 206 Å². The van der Waals surface area contributed by atoms with Crippen LogP contribution in [0.3, 0.4) is 0 Å². The van der Waals surface area contributed by atoms with Gasteiger partial charge in [-0.3, -0.25) is 9.48 Å². The maximum atomic E-state index is 12.6. The molecular formula is C25H24BrClN4O2. The average Bonchev–Trinajstić information content (AvgIpc) is 3.44. The lowest BCUT2D eigenvalue weighted by molar-refractivity contribution is -0.116. The van der Waals surface area contributed by atoms with Gasteiger partial charge in [-0.2, -0.15) is 5.10 Å². The second-order valence-electron chi connectivity index (χ2n) is 7.62. The number of hydrogen-bond donors (Lipinski definition) is 1. The van der Waals surface area contributed by atoms with Crippen molar-refractivity contribution in [2.24, 2.45) is 7.05 Å². The molecule has 0 unspecified atom stereocenters. The van der Waals surface area contributed by atoms with Crippen LogP contribution in [-0.2, 0) is 24.8 Å². The number of halogens is 2. The van der Waals surface area contributed by atoms with Gasteiger partial charge in [0.05, 0.1) is 22.9 Å². The first-order chi connectivity index (χ1) is 16.0. The molecule has 0 aliphatic heterocycles. The van der Waals surface area contributed by atoms with E-state index >= 15 is 0 Å². The normalized spacial score (nSPS) is 10.9. The molecule has 0 radical (unpaired) electrons. The molecule has 0 saturated heterocycles. The monoisotopic (exact) mass is 526 g/mol. The van der Waals surface area contributed by atoms with Crippen LogP contribution >= 0.6 is 27.5 Å². The van der Waals surface area contributed by atoms with E-state index < -0.39 is 0 Å². The molecule has 0 saturated carbocycles. The Balaban J connectivity index is 1.48. The quantitative estimate of drug-likeness (QED) is 0.292. The summed E-state index contributed by atoms with van der Waals surface area (Å²) in [7, 11) is 1.88. The number of anilines is 1. The SMILES string of the molecule is Cn1ncc(Br)c1-c1cc(NC(=O)CCc2ccc(Cl)cc2)ccc1OCCn1cccc1. The van der Waals surface area contributed by atoms with E-state index in [-0.39, 0.29) is 5.91 Å². The fourth-order valence-electron chi connectivity index (χ4n) is 3.55. The number of ether oxygens (including phenoxy) is 1. The zero-order chi connectivity index (χ0) is 23.2. The standard InChI is InChI=1S/C25H24BrClN4O2/c1-30-25(22(26)17-28-30)21-16-20(9-10-23(21)33-15-14-31-12-2-3-13-31)29-24(32)11-6-18-4-7-19(27)8-5-18/h2-5,7-10,12-13,16-17H,6,11,14-15H2,1H3,(H,29,32). The van der Waals surface area contributed by atoms with E-state index in [9.17, 15) is 4.79 Å². The number of amides is 1. The molecule has 0 fully saturated rings. The Kier molecular flexibility index (Phi) is 7.52. The van der Waals surface area contributed by atoms with Gasteiger partial charge in [-0.15, -0.1) is 0 Å². The fraction of sp³-hybridized carbons (Fsp3) is 0.200. The summed E-state index contributed by atoms with van der Waals surface area (Å²) >= 11 is 9.51. The molecule has 2 aromatic carbocycles. The van der Waals surface area contributed by atoms with Crippen LogP contribution in [0.2, 0.25) is 5.02 Å². The summed E-state index contributed by atoms with van der Waals surface area (Å²) in [5.74, 6) is 0.673.